The number of nitrogens with zero attached hydrogens (tertiary/aromatic N) is 2. The molecule has 2 amide bonds. The molecule has 1 aliphatic rings. The first-order valence-corrected chi connectivity index (χ1v) is 16.5. The third kappa shape index (κ3) is 8.06. The topological polar surface area (TPSA) is 86.8 Å². The fourth-order valence-corrected chi connectivity index (χ4v) is 6.89. The molecule has 3 aromatic carbocycles. The zero-order valence-electron chi connectivity index (χ0n) is 23.9. The number of sulfonamides is 1. The Morgan fingerprint density at radius 3 is 2.02 bits per heavy atom. The molecule has 0 bridgehead atoms. The Hall–Kier alpha value is -3.07. The molecule has 0 spiro atoms. The van der Waals surface area contributed by atoms with E-state index in [2.05, 4.69) is 5.32 Å². The van der Waals surface area contributed by atoms with Gasteiger partial charge in [0.2, 0.25) is 11.8 Å². The van der Waals surface area contributed by atoms with Gasteiger partial charge in [0.25, 0.3) is 10.0 Å². The average molecular weight is 631 g/mol. The predicted octanol–water partition coefficient (Wildman–Crippen LogP) is 6.75. The molecule has 0 radical (unpaired) electrons. The molecular formula is C32H37Cl2N3O4S. The Morgan fingerprint density at radius 2 is 1.45 bits per heavy atom. The van der Waals surface area contributed by atoms with Crippen molar-refractivity contribution in [2.24, 2.45) is 0 Å². The summed E-state index contributed by atoms with van der Waals surface area (Å²) >= 11 is 12.2. The summed E-state index contributed by atoms with van der Waals surface area (Å²) in [5, 5.41) is 4.14. The Morgan fingerprint density at radius 1 is 0.881 bits per heavy atom. The zero-order valence-corrected chi connectivity index (χ0v) is 26.3. The predicted molar refractivity (Wildman–Crippen MR) is 168 cm³/mol. The molecule has 0 aliphatic heterocycles. The monoisotopic (exact) mass is 629 g/mol. The molecular weight excluding hydrogens is 593 g/mol. The van der Waals surface area contributed by atoms with Gasteiger partial charge in [0.15, 0.2) is 0 Å². The van der Waals surface area contributed by atoms with E-state index in [1.54, 1.807) is 60.7 Å². The van der Waals surface area contributed by atoms with E-state index in [0.29, 0.717) is 22.2 Å². The molecule has 0 heterocycles. The minimum absolute atomic E-state index is 0.0576. The highest BCUT2D eigenvalue weighted by atomic mass is 35.5. The molecule has 1 aliphatic carbocycles. The number of nitrogens with one attached hydrogen (secondary N) is 1. The zero-order chi connectivity index (χ0) is 30.3. The van der Waals surface area contributed by atoms with Gasteiger partial charge in [0.1, 0.15) is 12.6 Å². The highest BCUT2D eigenvalue weighted by molar-refractivity contribution is 7.92. The molecule has 0 aromatic heterocycles. The van der Waals surface area contributed by atoms with Gasteiger partial charge in [0.05, 0.1) is 10.6 Å². The first-order chi connectivity index (χ1) is 20.1. The molecule has 224 valence electrons. The molecule has 1 unspecified atom stereocenters. The van der Waals surface area contributed by atoms with Crippen molar-refractivity contribution in [2.45, 2.75) is 75.9 Å². The number of anilines is 1. The van der Waals surface area contributed by atoms with E-state index in [1.165, 1.54) is 17.0 Å². The number of rotatable bonds is 11. The Bertz CT molecular complexity index is 1460. The highest BCUT2D eigenvalue weighted by Crippen LogP contribution is 2.27. The van der Waals surface area contributed by atoms with Crippen molar-refractivity contribution >= 4 is 50.7 Å². The van der Waals surface area contributed by atoms with E-state index < -0.39 is 28.5 Å². The number of benzene rings is 3. The van der Waals surface area contributed by atoms with Gasteiger partial charge >= 0.3 is 0 Å². The summed E-state index contributed by atoms with van der Waals surface area (Å²) in [5.74, 6) is -0.729. The van der Waals surface area contributed by atoms with Crippen LogP contribution in [0.2, 0.25) is 10.0 Å². The quantitative estimate of drug-likeness (QED) is 0.254. The minimum atomic E-state index is -4.14. The van der Waals surface area contributed by atoms with Crippen molar-refractivity contribution in [1.82, 2.24) is 10.2 Å². The Labute approximate surface area is 258 Å². The van der Waals surface area contributed by atoms with Crippen molar-refractivity contribution in [3.63, 3.8) is 0 Å². The van der Waals surface area contributed by atoms with E-state index >= 15 is 0 Å². The fourth-order valence-electron chi connectivity index (χ4n) is 5.22. The number of halogens is 2. The van der Waals surface area contributed by atoms with Crippen molar-refractivity contribution in [2.75, 3.05) is 10.8 Å². The first kappa shape index (κ1) is 31.9. The lowest BCUT2D eigenvalue weighted by Gasteiger charge is -2.34. The van der Waals surface area contributed by atoms with Crippen molar-refractivity contribution in [3.8, 4) is 0 Å². The maximum Gasteiger partial charge on any atom is 0.264 e. The van der Waals surface area contributed by atoms with Gasteiger partial charge in [-0.25, -0.2) is 8.42 Å². The summed E-state index contributed by atoms with van der Waals surface area (Å²) < 4.78 is 29.0. The van der Waals surface area contributed by atoms with Crippen LogP contribution in [0.25, 0.3) is 0 Å². The van der Waals surface area contributed by atoms with Gasteiger partial charge < -0.3 is 10.2 Å². The van der Waals surface area contributed by atoms with Gasteiger partial charge in [-0.3, -0.25) is 13.9 Å². The van der Waals surface area contributed by atoms with Gasteiger partial charge in [-0.15, -0.1) is 0 Å². The maximum absolute atomic E-state index is 14.2. The lowest BCUT2D eigenvalue weighted by Crippen LogP contribution is -2.54. The van der Waals surface area contributed by atoms with Crippen LogP contribution >= 0.6 is 23.2 Å². The average Bonchev–Trinajstić information content (AvgIpc) is 2.98. The van der Waals surface area contributed by atoms with Crippen LogP contribution in [-0.4, -0.2) is 43.8 Å². The molecule has 4 rings (SSSR count). The van der Waals surface area contributed by atoms with Crippen LogP contribution in [0.4, 0.5) is 5.69 Å². The second-order valence-corrected chi connectivity index (χ2v) is 13.5. The van der Waals surface area contributed by atoms with Crippen LogP contribution in [0.15, 0.2) is 77.7 Å². The van der Waals surface area contributed by atoms with Crippen LogP contribution in [0.3, 0.4) is 0 Å². The van der Waals surface area contributed by atoms with Crippen LogP contribution in [-0.2, 0) is 26.2 Å². The second-order valence-electron chi connectivity index (χ2n) is 10.7. The lowest BCUT2D eigenvalue weighted by atomic mass is 9.95. The summed E-state index contributed by atoms with van der Waals surface area (Å²) in [6.45, 7) is 3.34. The third-order valence-corrected chi connectivity index (χ3v) is 9.90. The van der Waals surface area contributed by atoms with Gasteiger partial charge in [-0.2, -0.15) is 0 Å². The molecule has 10 heteroatoms. The SMILES string of the molecule is CCC(C(=O)NC1CCCCC1)N(Cc1ccc(Cl)cc1)C(=O)CN(c1ccc(Cl)cc1)S(=O)(=O)c1ccc(C)cc1. The summed E-state index contributed by atoms with van der Waals surface area (Å²) in [6.07, 6.45) is 5.45. The minimum Gasteiger partial charge on any atom is -0.352 e. The van der Waals surface area contributed by atoms with Gasteiger partial charge in [-0.05, 0) is 80.3 Å². The second kappa shape index (κ2) is 14.4. The Kier molecular flexibility index (Phi) is 10.9. The molecule has 0 saturated heterocycles. The van der Waals surface area contributed by atoms with E-state index in [9.17, 15) is 18.0 Å². The van der Waals surface area contributed by atoms with Crippen molar-refractivity contribution < 1.29 is 18.0 Å². The van der Waals surface area contributed by atoms with Crippen LogP contribution in [0.1, 0.15) is 56.6 Å². The molecule has 7 nitrogen and oxygen atoms in total. The lowest BCUT2D eigenvalue weighted by molar-refractivity contribution is -0.140. The Balaban J connectivity index is 1.69. The normalized spacial score (nSPS) is 14.7. The molecule has 3 aromatic rings. The van der Waals surface area contributed by atoms with E-state index in [4.69, 9.17) is 23.2 Å². The third-order valence-electron chi connectivity index (χ3n) is 7.61. The van der Waals surface area contributed by atoms with Crippen molar-refractivity contribution in [1.29, 1.82) is 0 Å². The van der Waals surface area contributed by atoms with Crippen LogP contribution in [0.5, 0.6) is 0 Å². The van der Waals surface area contributed by atoms with Crippen molar-refractivity contribution in [3.05, 3.63) is 94.0 Å². The highest BCUT2D eigenvalue weighted by Gasteiger charge is 2.34. The molecule has 1 saturated carbocycles. The van der Waals surface area contributed by atoms with E-state index in [-0.39, 0.29) is 23.4 Å². The summed E-state index contributed by atoms with van der Waals surface area (Å²) in [4.78, 5) is 29.3. The number of hydrogen-bond donors (Lipinski definition) is 1. The number of aryl methyl sites for hydroxylation is 1. The number of amides is 2. The number of carbonyl (C=O) groups excluding carboxylic acids is 2. The summed E-state index contributed by atoms with van der Waals surface area (Å²) in [7, 11) is -4.14. The van der Waals surface area contributed by atoms with E-state index in [0.717, 1.165) is 47.5 Å². The number of hydrogen-bond acceptors (Lipinski definition) is 4. The van der Waals surface area contributed by atoms with Crippen LogP contribution in [0, 0.1) is 6.92 Å². The number of carbonyl (C=O) groups is 2. The maximum atomic E-state index is 14.2. The summed E-state index contributed by atoms with van der Waals surface area (Å²) in [5.41, 5.74) is 1.97. The molecule has 1 fully saturated rings. The molecule has 1 atom stereocenters. The first-order valence-electron chi connectivity index (χ1n) is 14.3. The molecule has 42 heavy (non-hydrogen) atoms. The largest absolute Gasteiger partial charge is 0.352 e. The standard InChI is InChI=1S/C32H37Cl2N3O4S/c1-3-30(32(39)35-27-7-5-4-6-8-27)36(21-24-11-13-25(33)14-12-24)31(38)22-37(28-17-15-26(34)16-18-28)42(40,41)29-19-9-23(2)10-20-29/h9-20,27,30H,3-8,21-22H2,1-2H3,(H,35,39). The fraction of sp³-hybridized carbons (Fsp3) is 0.375. The van der Waals surface area contributed by atoms with Gasteiger partial charge in [0, 0.05) is 22.6 Å². The molecule has 1 N–H and O–H groups in total. The van der Waals surface area contributed by atoms with Crippen LogP contribution < -0.4 is 9.62 Å². The smallest absolute Gasteiger partial charge is 0.264 e. The van der Waals surface area contributed by atoms with Gasteiger partial charge in [-0.1, -0.05) is 79.2 Å². The van der Waals surface area contributed by atoms with E-state index in [1.807, 2.05) is 13.8 Å². The summed E-state index contributed by atoms with van der Waals surface area (Å²) in [6, 6.07) is 19.1.